The number of carbonyl (C=O) groups is 2. The van der Waals surface area contributed by atoms with Crippen LogP contribution >= 0.6 is 0 Å². The number of alkyl halides is 3. The molecule has 2 aliphatic rings. The fourth-order valence-corrected chi connectivity index (χ4v) is 5.31. The molecule has 0 aliphatic carbocycles. The van der Waals surface area contributed by atoms with Crippen LogP contribution in [0.5, 0.6) is 17.2 Å². The number of ether oxygens (including phenoxy) is 3. The van der Waals surface area contributed by atoms with Crippen LogP contribution in [-0.2, 0) is 12.7 Å². The van der Waals surface area contributed by atoms with Crippen LogP contribution in [0.25, 0.3) is 0 Å². The second kappa shape index (κ2) is 13.2. The zero-order chi connectivity index (χ0) is 32.3. The highest BCUT2D eigenvalue weighted by atomic mass is 19.4. The number of fused-ring (bicyclic) bond motifs is 2. The third-order valence-corrected chi connectivity index (χ3v) is 7.79. The fourth-order valence-electron chi connectivity index (χ4n) is 5.31. The van der Waals surface area contributed by atoms with E-state index < -0.39 is 29.9 Å². The Balaban J connectivity index is 1.38. The van der Waals surface area contributed by atoms with E-state index in [2.05, 4.69) is 15.5 Å². The van der Waals surface area contributed by atoms with Crippen molar-refractivity contribution in [2.24, 2.45) is 5.92 Å². The Kier molecular flexibility index (Phi) is 9.40. The van der Waals surface area contributed by atoms with Crippen LogP contribution in [0.2, 0.25) is 0 Å². The van der Waals surface area contributed by atoms with Crippen molar-refractivity contribution in [1.82, 2.24) is 9.80 Å². The monoisotopic (exact) mass is 628 g/mol. The average Bonchev–Trinajstić information content (AvgIpc) is 3.46. The third kappa shape index (κ3) is 7.43. The number of aliphatic hydroxyl groups excluding tert-OH is 1. The van der Waals surface area contributed by atoms with Gasteiger partial charge in [0.15, 0.2) is 17.2 Å². The normalized spacial score (nSPS) is 18.5. The van der Waals surface area contributed by atoms with E-state index in [1.807, 2.05) is 32.2 Å². The van der Waals surface area contributed by atoms with Gasteiger partial charge in [-0.2, -0.15) is 13.2 Å². The number of halogens is 3. The summed E-state index contributed by atoms with van der Waals surface area (Å²) in [5, 5.41) is 15.1. The molecule has 3 N–H and O–H groups in total. The minimum atomic E-state index is -4.50. The number of amides is 3. The van der Waals surface area contributed by atoms with Gasteiger partial charge < -0.3 is 34.9 Å². The van der Waals surface area contributed by atoms with E-state index in [1.165, 1.54) is 0 Å². The summed E-state index contributed by atoms with van der Waals surface area (Å²) >= 11 is 0. The molecule has 0 aromatic heterocycles. The van der Waals surface area contributed by atoms with Gasteiger partial charge in [-0.05, 0) is 68.1 Å². The van der Waals surface area contributed by atoms with E-state index in [-0.39, 0.29) is 47.9 Å². The van der Waals surface area contributed by atoms with Crippen molar-refractivity contribution in [2.45, 2.75) is 38.7 Å². The first-order valence-corrected chi connectivity index (χ1v) is 14.5. The first kappa shape index (κ1) is 31.9. The summed E-state index contributed by atoms with van der Waals surface area (Å²) in [4.78, 5) is 30.4. The molecule has 3 aromatic rings. The van der Waals surface area contributed by atoms with Gasteiger partial charge in [0.25, 0.3) is 5.91 Å². The number of hydrogen-bond donors (Lipinski definition) is 3. The van der Waals surface area contributed by atoms with Gasteiger partial charge in [-0.15, -0.1) is 0 Å². The largest absolute Gasteiger partial charge is 0.486 e. The number of benzene rings is 3. The molecule has 10 nitrogen and oxygen atoms in total. The number of nitrogens with zero attached hydrogens (tertiary/aromatic N) is 2. The molecule has 3 amide bonds. The van der Waals surface area contributed by atoms with Crippen molar-refractivity contribution >= 4 is 23.3 Å². The zero-order valence-corrected chi connectivity index (χ0v) is 25.1. The molecule has 0 radical (unpaired) electrons. The molecule has 45 heavy (non-hydrogen) atoms. The molecule has 0 saturated carbocycles. The molecule has 2 aliphatic heterocycles. The number of rotatable bonds is 8. The van der Waals surface area contributed by atoms with Crippen molar-refractivity contribution in [2.75, 3.05) is 44.2 Å². The van der Waals surface area contributed by atoms with Gasteiger partial charge in [-0.25, -0.2) is 4.79 Å². The van der Waals surface area contributed by atoms with E-state index in [0.717, 1.165) is 29.8 Å². The van der Waals surface area contributed by atoms with Gasteiger partial charge in [0.05, 0.1) is 29.5 Å². The number of carbonyl (C=O) groups excluding carboxylic acids is 2. The Hall–Kier alpha value is -4.49. The van der Waals surface area contributed by atoms with Crippen molar-refractivity contribution in [3.05, 3.63) is 77.4 Å². The molecule has 13 heteroatoms. The van der Waals surface area contributed by atoms with E-state index >= 15 is 0 Å². The third-order valence-electron chi connectivity index (χ3n) is 7.79. The van der Waals surface area contributed by atoms with Gasteiger partial charge in [0.1, 0.15) is 6.10 Å². The minimum absolute atomic E-state index is 0.149. The average molecular weight is 629 g/mol. The second-order valence-electron chi connectivity index (χ2n) is 11.3. The molecular weight excluding hydrogens is 593 g/mol. The molecule has 0 bridgehead atoms. The smallest absolute Gasteiger partial charge is 0.416 e. The Morgan fingerprint density at radius 2 is 1.82 bits per heavy atom. The lowest BCUT2D eigenvalue weighted by Gasteiger charge is -2.38. The van der Waals surface area contributed by atoms with E-state index in [4.69, 9.17) is 14.2 Å². The van der Waals surface area contributed by atoms with Crippen LogP contribution in [0.1, 0.15) is 35.3 Å². The molecule has 0 unspecified atom stereocenters. The standard InChI is InChI=1S/C32H35F3N4O6/c1-19-14-39(20(2)17-40)30(41)24-5-4-6-25(37-31(42)36-23-10-8-22(9-11-23)32(33,34)35)29(24)45-28(19)16-38(3)15-21-7-12-26-27(13-21)44-18-43-26/h4-13,19-20,28,40H,14-18H2,1-3H3,(H2,36,37,42)/t19-,20-,28+/m1/s1. The number of anilines is 2. The molecular formula is C32H35F3N4O6. The van der Waals surface area contributed by atoms with Crippen LogP contribution in [0.15, 0.2) is 60.7 Å². The Morgan fingerprint density at radius 3 is 2.53 bits per heavy atom. The van der Waals surface area contributed by atoms with Crippen molar-refractivity contribution in [1.29, 1.82) is 0 Å². The van der Waals surface area contributed by atoms with Crippen LogP contribution in [0, 0.1) is 5.92 Å². The predicted octanol–water partition coefficient (Wildman–Crippen LogP) is 5.43. The number of nitrogens with one attached hydrogen (secondary N) is 2. The lowest BCUT2D eigenvalue weighted by molar-refractivity contribution is -0.137. The second-order valence-corrected chi connectivity index (χ2v) is 11.3. The van der Waals surface area contributed by atoms with Crippen molar-refractivity contribution in [3.8, 4) is 17.2 Å². The lowest BCUT2D eigenvalue weighted by Crippen LogP contribution is -2.49. The maximum atomic E-state index is 13.7. The maximum Gasteiger partial charge on any atom is 0.416 e. The molecule has 3 atom stereocenters. The van der Waals surface area contributed by atoms with Gasteiger partial charge in [-0.3, -0.25) is 9.69 Å². The summed E-state index contributed by atoms with van der Waals surface area (Å²) in [7, 11) is 1.95. The first-order valence-electron chi connectivity index (χ1n) is 14.5. The van der Waals surface area contributed by atoms with Crippen LogP contribution in [0.3, 0.4) is 0 Å². The Labute approximate surface area is 258 Å². The Bertz CT molecular complexity index is 1530. The maximum absolute atomic E-state index is 13.7. The number of para-hydroxylation sites is 1. The topological polar surface area (TPSA) is 113 Å². The quantitative estimate of drug-likeness (QED) is 0.305. The summed E-state index contributed by atoms with van der Waals surface area (Å²) in [5.74, 6) is 0.998. The molecule has 2 heterocycles. The van der Waals surface area contributed by atoms with Crippen molar-refractivity contribution < 1.29 is 42.1 Å². The number of hydrogen-bond acceptors (Lipinski definition) is 7. The highest BCUT2D eigenvalue weighted by molar-refractivity contribution is 6.04. The van der Waals surface area contributed by atoms with E-state index in [9.17, 15) is 27.9 Å². The van der Waals surface area contributed by atoms with Crippen LogP contribution in [-0.4, -0.2) is 72.5 Å². The van der Waals surface area contributed by atoms with E-state index in [1.54, 1.807) is 30.0 Å². The number of aliphatic hydroxyl groups is 1. The molecule has 3 aromatic carbocycles. The zero-order valence-electron chi connectivity index (χ0n) is 25.1. The molecule has 0 saturated heterocycles. The number of urea groups is 1. The summed E-state index contributed by atoms with van der Waals surface area (Å²) < 4.78 is 56.3. The molecule has 240 valence electrons. The minimum Gasteiger partial charge on any atom is -0.486 e. The summed E-state index contributed by atoms with van der Waals surface area (Å²) in [6.45, 7) is 5.01. The lowest BCUT2D eigenvalue weighted by atomic mass is 9.99. The fraction of sp³-hybridized carbons (Fsp3) is 0.375. The molecule has 0 spiro atoms. The van der Waals surface area contributed by atoms with Crippen LogP contribution in [0.4, 0.5) is 29.3 Å². The predicted molar refractivity (Wildman–Crippen MR) is 161 cm³/mol. The van der Waals surface area contributed by atoms with Gasteiger partial charge >= 0.3 is 12.2 Å². The molecule has 5 rings (SSSR count). The summed E-state index contributed by atoms with van der Waals surface area (Å²) in [5.41, 5.74) is 0.733. The van der Waals surface area contributed by atoms with Crippen LogP contribution < -0.4 is 24.8 Å². The number of likely N-dealkylation sites (N-methyl/N-ethyl adjacent to an activating group) is 1. The first-order chi connectivity index (χ1) is 21.4. The van der Waals surface area contributed by atoms with Gasteiger partial charge in [0, 0.05) is 31.2 Å². The van der Waals surface area contributed by atoms with Gasteiger partial charge in [0.2, 0.25) is 6.79 Å². The molecule has 0 fully saturated rings. The highest BCUT2D eigenvalue weighted by Gasteiger charge is 2.35. The van der Waals surface area contributed by atoms with E-state index in [0.29, 0.717) is 31.1 Å². The summed E-state index contributed by atoms with van der Waals surface area (Å²) in [6.07, 6.45) is -4.94. The Morgan fingerprint density at radius 1 is 1.09 bits per heavy atom. The summed E-state index contributed by atoms with van der Waals surface area (Å²) in [6, 6.07) is 13.4. The van der Waals surface area contributed by atoms with Crippen molar-refractivity contribution in [3.63, 3.8) is 0 Å². The highest BCUT2D eigenvalue weighted by Crippen LogP contribution is 2.36. The SMILES string of the molecule is C[C@@H]1CN([C@H](C)CO)C(=O)c2cccc(NC(=O)Nc3ccc(C(F)(F)F)cc3)c2O[C@H]1CN(C)Cc1ccc2c(c1)OCO2. The van der Waals surface area contributed by atoms with Gasteiger partial charge in [-0.1, -0.05) is 19.1 Å².